The van der Waals surface area contributed by atoms with E-state index in [0.29, 0.717) is 16.0 Å². The zero-order chi connectivity index (χ0) is 18.4. The van der Waals surface area contributed by atoms with Crippen molar-refractivity contribution in [3.63, 3.8) is 0 Å². The SMILES string of the molecule is O=C1c2c(F)cc(C3CC3)cc2OCCN1c1cc(F)cc(Br)c1CO. The zero-order valence-corrected chi connectivity index (χ0v) is 15.4. The molecule has 1 aliphatic carbocycles. The number of ether oxygens (including phenoxy) is 1. The summed E-state index contributed by atoms with van der Waals surface area (Å²) < 4.78 is 34.6. The Bertz CT molecular complexity index is 899. The summed E-state index contributed by atoms with van der Waals surface area (Å²) in [4.78, 5) is 14.3. The Hall–Kier alpha value is -1.99. The monoisotopic (exact) mass is 423 g/mol. The number of fused-ring (bicyclic) bond motifs is 1. The smallest absolute Gasteiger partial charge is 0.265 e. The van der Waals surface area contributed by atoms with E-state index in [1.807, 2.05) is 0 Å². The van der Waals surface area contributed by atoms with E-state index in [9.17, 15) is 18.7 Å². The highest BCUT2D eigenvalue weighted by Crippen LogP contribution is 2.43. The number of carbonyl (C=O) groups excluding carboxylic acids is 1. The standard InChI is InChI=1S/C19H16BrF2NO3/c20-14-7-12(21)8-16(13(14)9-24)23-3-4-26-17-6-11(10-1-2-10)5-15(22)18(17)19(23)25/h5-8,10,24H,1-4,9H2. The van der Waals surface area contributed by atoms with Gasteiger partial charge in [0.15, 0.2) is 0 Å². The number of halogens is 3. The van der Waals surface area contributed by atoms with E-state index < -0.39 is 24.1 Å². The van der Waals surface area contributed by atoms with Crippen LogP contribution >= 0.6 is 15.9 Å². The van der Waals surface area contributed by atoms with Gasteiger partial charge in [0, 0.05) is 10.0 Å². The number of amides is 1. The Morgan fingerprint density at radius 3 is 2.69 bits per heavy atom. The average Bonchev–Trinajstić information content (AvgIpc) is 3.42. The number of aliphatic hydroxyl groups excluding tert-OH is 1. The highest BCUT2D eigenvalue weighted by Gasteiger charge is 2.33. The van der Waals surface area contributed by atoms with E-state index in [1.54, 1.807) is 6.07 Å². The van der Waals surface area contributed by atoms with Crippen LogP contribution in [-0.4, -0.2) is 24.2 Å². The second-order valence-corrected chi connectivity index (χ2v) is 7.35. The van der Waals surface area contributed by atoms with Gasteiger partial charge in [0.25, 0.3) is 5.91 Å². The maximum Gasteiger partial charge on any atom is 0.265 e. The molecule has 1 heterocycles. The lowest BCUT2D eigenvalue weighted by Crippen LogP contribution is -2.33. The summed E-state index contributed by atoms with van der Waals surface area (Å²) in [5, 5.41) is 9.64. The quantitative estimate of drug-likeness (QED) is 0.806. The molecule has 0 saturated heterocycles. The van der Waals surface area contributed by atoms with Crippen LogP contribution < -0.4 is 9.64 Å². The van der Waals surface area contributed by atoms with Crippen molar-refractivity contribution in [3.05, 3.63) is 57.1 Å². The van der Waals surface area contributed by atoms with Gasteiger partial charge in [-0.25, -0.2) is 8.78 Å². The minimum Gasteiger partial charge on any atom is -0.491 e. The minimum atomic E-state index is -0.637. The summed E-state index contributed by atoms with van der Waals surface area (Å²) in [6.45, 7) is -0.128. The third-order valence-corrected chi connectivity index (χ3v) is 5.45. The zero-order valence-electron chi connectivity index (χ0n) is 13.8. The molecular weight excluding hydrogens is 408 g/mol. The number of aliphatic hydroxyl groups is 1. The van der Waals surface area contributed by atoms with Crippen LogP contribution in [0.25, 0.3) is 0 Å². The highest BCUT2D eigenvalue weighted by atomic mass is 79.9. The first-order valence-electron chi connectivity index (χ1n) is 8.36. The van der Waals surface area contributed by atoms with Gasteiger partial charge < -0.3 is 14.7 Å². The van der Waals surface area contributed by atoms with Crippen LogP contribution in [0.4, 0.5) is 14.5 Å². The van der Waals surface area contributed by atoms with E-state index in [4.69, 9.17) is 4.74 Å². The lowest BCUT2D eigenvalue weighted by molar-refractivity contribution is 0.0985. The van der Waals surface area contributed by atoms with Crippen LogP contribution in [-0.2, 0) is 6.61 Å². The van der Waals surface area contributed by atoms with Crippen molar-refractivity contribution in [3.8, 4) is 5.75 Å². The van der Waals surface area contributed by atoms with Gasteiger partial charge >= 0.3 is 0 Å². The number of anilines is 1. The first-order valence-corrected chi connectivity index (χ1v) is 9.15. The Morgan fingerprint density at radius 2 is 2.00 bits per heavy atom. The van der Waals surface area contributed by atoms with E-state index >= 15 is 0 Å². The van der Waals surface area contributed by atoms with Gasteiger partial charge in [-0.05, 0) is 48.6 Å². The Morgan fingerprint density at radius 1 is 1.23 bits per heavy atom. The lowest BCUT2D eigenvalue weighted by Gasteiger charge is -2.23. The van der Waals surface area contributed by atoms with Gasteiger partial charge in [-0.2, -0.15) is 0 Å². The normalized spacial score (nSPS) is 16.9. The van der Waals surface area contributed by atoms with Crippen LogP contribution in [0.1, 0.15) is 40.2 Å². The maximum atomic E-state index is 14.7. The Labute approximate surface area is 157 Å². The van der Waals surface area contributed by atoms with Gasteiger partial charge in [-0.1, -0.05) is 15.9 Å². The number of hydrogen-bond donors (Lipinski definition) is 1. The van der Waals surface area contributed by atoms with Crippen molar-refractivity contribution >= 4 is 27.5 Å². The second kappa shape index (κ2) is 6.63. The molecule has 1 saturated carbocycles. The topological polar surface area (TPSA) is 49.8 Å². The molecule has 0 unspecified atom stereocenters. The molecular formula is C19H16BrF2NO3. The molecule has 4 nitrogen and oxygen atoms in total. The molecule has 0 bridgehead atoms. The van der Waals surface area contributed by atoms with Crippen molar-refractivity contribution in [2.75, 3.05) is 18.1 Å². The number of benzene rings is 2. The molecule has 0 aromatic heterocycles. The van der Waals surface area contributed by atoms with Gasteiger partial charge in [-0.15, -0.1) is 0 Å². The third-order valence-electron chi connectivity index (χ3n) is 4.74. The van der Waals surface area contributed by atoms with Crippen LogP contribution in [0.5, 0.6) is 5.75 Å². The maximum absolute atomic E-state index is 14.7. The predicted molar refractivity (Wildman–Crippen MR) is 95.6 cm³/mol. The van der Waals surface area contributed by atoms with Crippen LogP contribution in [0, 0.1) is 11.6 Å². The Balaban J connectivity index is 1.81. The first-order chi connectivity index (χ1) is 12.5. The minimum absolute atomic E-state index is 0.120. The van der Waals surface area contributed by atoms with Crippen molar-refractivity contribution in [2.45, 2.75) is 25.4 Å². The Kier molecular flexibility index (Phi) is 4.44. The molecule has 1 fully saturated rings. The first kappa shape index (κ1) is 17.4. The van der Waals surface area contributed by atoms with Gasteiger partial charge in [0.1, 0.15) is 29.6 Å². The summed E-state index contributed by atoms with van der Waals surface area (Å²) in [7, 11) is 0. The summed E-state index contributed by atoms with van der Waals surface area (Å²) >= 11 is 3.20. The molecule has 1 amide bonds. The summed E-state index contributed by atoms with van der Waals surface area (Å²) in [5.41, 5.74) is 1.24. The summed E-state index contributed by atoms with van der Waals surface area (Å²) in [5.74, 6) is -1.26. The molecule has 2 aliphatic rings. The molecule has 4 rings (SSSR count). The fraction of sp³-hybridized carbons (Fsp3) is 0.316. The molecule has 0 radical (unpaired) electrons. The number of hydrogen-bond acceptors (Lipinski definition) is 3. The fourth-order valence-corrected chi connectivity index (χ4v) is 3.82. The molecule has 2 aromatic carbocycles. The molecule has 1 N–H and O–H groups in total. The molecule has 1 aliphatic heterocycles. The molecule has 2 aromatic rings. The summed E-state index contributed by atoms with van der Waals surface area (Å²) in [6, 6.07) is 5.49. The highest BCUT2D eigenvalue weighted by molar-refractivity contribution is 9.10. The van der Waals surface area contributed by atoms with E-state index in [0.717, 1.165) is 24.5 Å². The molecule has 136 valence electrons. The van der Waals surface area contributed by atoms with Crippen LogP contribution in [0.2, 0.25) is 0 Å². The molecule has 0 atom stereocenters. The number of carbonyl (C=O) groups is 1. The number of rotatable bonds is 3. The lowest BCUT2D eigenvalue weighted by atomic mass is 10.0. The fourth-order valence-electron chi connectivity index (χ4n) is 3.28. The van der Waals surface area contributed by atoms with Gasteiger partial charge in [-0.3, -0.25) is 4.79 Å². The second-order valence-electron chi connectivity index (χ2n) is 6.50. The average molecular weight is 424 g/mol. The van der Waals surface area contributed by atoms with Crippen molar-refractivity contribution in [1.29, 1.82) is 0 Å². The summed E-state index contributed by atoms with van der Waals surface area (Å²) in [6.07, 6.45) is 2.02. The largest absolute Gasteiger partial charge is 0.491 e. The predicted octanol–water partition coefficient (Wildman–Crippen LogP) is 4.14. The van der Waals surface area contributed by atoms with E-state index in [2.05, 4.69) is 15.9 Å². The van der Waals surface area contributed by atoms with Crippen molar-refractivity contribution in [2.24, 2.45) is 0 Å². The van der Waals surface area contributed by atoms with Gasteiger partial charge in [0.05, 0.1) is 18.8 Å². The van der Waals surface area contributed by atoms with Crippen molar-refractivity contribution in [1.82, 2.24) is 0 Å². The third kappa shape index (κ3) is 2.99. The molecule has 26 heavy (non-hydrogen) atoms. The van der Waals surface area contributed by atoms with Crippen LogP contribution in [0.15, 0.2) is 28.7 Å². The van der Waals surface area contributed by atoms with E-state index in [-0.39, 0.29) is 30.2 Å². The van der Waals surface area contributed by atoms with Gasteiger partial charge in [0.2, 0.25) is 0 Å². The molecule has 0 spiro atoms. The van der Waals surface area contributed by atoms with Crippen LogP contribution in [0.3, 0.4) is 0 Å². The van der Waals surface area contributed by atoms with Crippen molar-refractivity contribution < 1.29 is 23.4 Å². The number of nitrogens with zero attached hydrogens (tertiary/aromatic N) is 1. The van der Waals surface area contributed by atoms with E-state index in [1.165, 1.54) is 17.0 Å². The molecule has 7 heteroatoms.